The summed E-state index contributed by atoms with van der Waals surface area (Å²) in [5.74, 6) is 0. The van der Waals surface area contributed by atoms with Crippen molar-refractivity contribution in [1.29, 1.82) is 0 Å². The van der Waals surface area contributed by atoms with E-state index < -0.39 is 0 Å². The zero-order valence-corrected chi connectivity index (χ0v) is 26.9. The van der Waals surface area contributed by atoms with Gasteiger partial charge >= 0.3 is 0 Å². The maximum Gasteiger partial charge on any atom is 0.211 e. The van der Waals surface area contributed by atoms with Gasteiger partial charge in [-0.2, -0.15) is 0 Å². The molecule has 0 bridgehead atoms. The van der Waals surface area contributed by atoms with Gasteiger partial charge in [-0.3, -0.25) is 0 Å². The molecule has 0 aliphatic carbocycles. The van der Waals surface area contributed by atoms with Crippen LogP contribution >= 0.6 is 0 Å². The van der Waals surface area contributed by atoms with Crippen LogP contribution < -0.4 is 0 Å². The van der Waals surface area contributed by atoms with Crippen LogP contribution in [0.4, 0.5) is 0 Å². The van der Waals surface area contributed by atoms with E-state index in [-0.39, 0.29) is 0 Å². The van der Waals surface area contributed by atoms with Crippen molar-refractivity contribution in [3.63, 3.8) is 0 Å². The molecule has 2 nitrogen and oxygen atoms in total. The Hall–Kier alpha value is -2.48. The largest absolute Gasteiger partial charge is 0.493 e. The molecule has 0 fully saturated rings. The summed E-state index contributed by atoms with van der Waals surface area (Å²) in [7, 11) is 0. The minimum absolute atomic E-state index is 1.01. The van der Waals surface area contributed by atoms with E-state index in [1.54, 1.807) is 4.70 Å². The summed E-state index contributed by atoms with van der Waals surface area (Å²) >= 11 is 0. The van der Waals surface area contributed by atoms with Crippen molar-refractivity contribution in [2.45, 2.75) is 150 Å². The first-order chi connectivity index (χ1) is 20.1. The summed E-state index contributed by atoms with van der Waals surface area (Å²) in [6.07, 6.45) is 23.3. The van der Waals surface area contributed by atoms with E-state index in [0.717, 1.165) is 61.0 Å². The van der Waals surface area contributed by atoms with Gasteiger partial charge < -0.3 is 5.53 Å². The van der Waals surface area contributed by atoms with Crippen LogP contribution in [0.3, 0.4) is 0 Å². The lowest BCUT2D eigenvalue weighted by atomic mass is 9.91. The molecule has 0 unspecified atom stereocenters. The van der Waals surface area contributed by atoms with Crippen molar-refractivity contribution in [2.75, 3.05) is 0 Å². The molecule has 41 heavy (non-hydrogen) atoms. The molecule has 1 aliphatic rings. The van der Waals surface area contributed by atoms with Crippen molar-refractivity contribution in [3.05, 3.63) is 87.5 Å². The third kappa shape index (κ3) is 10.1. The van der Waals surface area contributed by atoms with Gasteiger partial charge in [-0.15, -0.1) is 0 Å². The molecule has 1 heterocycles. The van der Waals surface area contributed by atoms with Gasteiger partial charge in [0.2, 0.25) is 11.4 Å². The highest BCUT2D eigenvalue weighted by Crippen LogP contribution is 2.44. The SMILES string of the molecule is CCCCCCCCc1ccc(C2=C(CCCC)C(CCCCC)=C(c3cccc(CCCCCC)c3)[N+]2=[N-])cc1. The van der Waals surface area contributed by atoms with Gasteiger partial charge in [0.05, 0.1) is 0 Å². The van der Waals surface area contributed by atoms with E-state index in [1.165, 1.54) is 106 Å². The second-order valence-electron chi connectivity index (χ2n) is 12.3. The fraction of sp³-hybridized carbons (Fsp3) is 0.590. The quantitative estimate of drug-likeness (QED) is 0.108. The molecule has 0 amide bonds. The van der Waals surface area contributed by atoms with Crippen molar-refractivity contribution < 1.29 is 4.70 Å². The van der Waals surface area contributed by atoms with E-state index in [0.29, 0.717) is 0 Å². The number of allylic oxidation sites excluding steroid dienone is 2. The molecular formula is C39H58N2. The molecule has 0 aromatic heterocycles. The Kier molecular flexibility index (Phi) is 15.2. The van der Waals surface area contributed by atoms with E-state index in [2.05, 4.69) is 76.2 Å². The van der Waals surface area contributed by atoms with Crippen LogP contribution in [0.2, 0.25) is 0 Å². The van der Waals surface area contributed by atoms with Crippen LogP contribution in [0.5, 0.6) is 0 Å². The molecular weight excluding hydrogens is 496 g/mol. The van der Waals surface area contributed by atoms with Crippen molar-refractivity contribution in [3.8, 4) is 0 Å². The van der Waals surface area contributed by atoms with Crippen LogP contribution in [-0.4, -0.2) is 4.70 Å². The van der Waals surface area contributed by atoms with Crippen LogP contribution in [0.1, 0.15) is 159 Å². The minimum Gasteiger partial charge on any atom is -0.493 e. The lowest BCUT2D eigenvalue weighted by Crippen LogP contribution is -2.03. The van der Waals surface area contributed by atoms with Gasteiger partial charge in [-0.1, -0.05) is 123 Å². The van der Waals surface area contributed by atoms with Gasteiger partial charge in [-0.05, 0) is 86.8 Å². The normalized spacial score (nSPS) is 13.6. The molecule has 2 heteroatoms. The lowest BCUT2D eigenvalue weighted by molar-refractivity contribution is -0.345. The number of unbranched alkanes of at least 4 members (excludes halogenated alkanes) is 11. The molecule has 0 radical (unpaired) electrons. The van der Waals surface area contributed by atoms with E-state index in [4.69, 9.17) is 0 Å². The topological polar surface area (TPSA) is 25.3 Å². The summed E-state index contributed by atoms with van der Waals surface area (Å²) in [5, 5.41) is 0. The second-order valence-corrected chi connectivity index (χ2v) is 12.3. The van der Waals surface area contributed by atoms with Gasteiger partial charge in [0.15, 0.2) is 0 Å². The second kappa shape index (κ2) is 18.9. The van der Waals surface area contributed by atoms with Gasteiger partial charge in [0.1, 0.15) is 0 Å². The molecule has 224 valence electrons. The van der Waals surface area contributed by atoms with E-state index >= 15 is 0 Å². The first-order valence-corrected chi connectivity index (χ1v) is 17.3. The fourth-order valence-corrected chi connectivity index (χ4v) is 6.26. The molecule has 2 aromatic carbocycles. The third-order valence-electron chi connectivity index (χ3n) is 8.74. The standard InChI is InChI=1S/C39H58N2/c1-5-9-13-15-16-19-21-32-27-29-34(30-28-32)38-36(25-12-8-4)37(26-17-11-7-3)39(41(38)40)35-24-20-23-33(31-35)22-18-14-10-6-2/h20,23-24,27-31H,5-19,21-22,25-26H2,1-4H3. The average Bonchev–Trinajstić information content (AvgIpc) is 3.27. The third-order valence-corrected chi connectivity index (χ3v) is 8.74. The Bertz CT molecular complexity index is 1120. The zero-order chi connectivity index (χ0) is 29.3. The van der Waals surface area contributed by atoms with Crippen LogP contribution in [0.15, 0.2) is 59.7 Å². The molecule has 0 atom stereocenters. The van der Waals surface area contributed by atoms with Crippen LogP contribution in [-0.2, 0) is 12.8 Å². The summed E-state index contributed by atoms with van der Waals surface area (Å²) in [4.78, 5) is 0. The molecule has 3 rings (SSSR count). The van der Waals surface area contributed by atoms with Crippen molar-refractivity contribution in [1.82, 2.24) is 0 Å². The summed E-state index contributed by atoms with van der Waals surface area (Å²) in [5.41, 5.74) is 21.8. The highest BCUT2D eigenvalue weighted by Gasteiger charge is 2.35. The van der Waals surface area contributed by atoms with E-state index in [1.807, 2.05) is 0 Å². The van der Waals surface area contributed by atoms with Gasteiger partial charge in [-0.25, -0.2) is 4.70 Å². The summed E-state index contributed by atoms with van der Waals surface area (Å²) in [6, 6.07) is 18.1. The lowest BCUT2D eigenvalue weighted by Gasteiger charge is -2.11. The molecule has 2 aromatic rings. The Labute approximate surface area is 252 Å². The predicted molar refractivity (Wildman–Crippen MR) is 179 cm³/mol. The minimum atomic E-state index is 1.01. The maximum atomic E-state index is 11.9. The number of hydrogen-bond donors (Lipinski definition) is 0. The Morgan fingerprint density at radius 2 is 0.951 bits per heavy atom. The van der Waals surface area contributed by atoms with Crippen LogP contribution in [0.25, 0.3) is 16.9 Å². The highest BCUT2D eigenvalue weighted by molar-refractivity contribution is 5.82. The first-order valence-electron chi connectivity index (χ1n) is 17.3. The predicted octanol–water partition coefficient (Wildman–Crippen LogP) is 12.7. The first kappa shape index (κ1) is 33.0. The number of aryl methyl sites for hydroxylation is 2. The Morgan fingerprint density at radius 3 is 1.61 bits per heavy atom. The monoisotopic (exact) mass is 554 g/mol. The zero-order valence-electron chi connectivity index (χ0n) is 26.9. The highest BCUT2D eigenvalue weighted by atomic mass is 15.2. The number of nitrogens with zero attached hydrogens (tertiary/aromatic N) is 2. The van der Waals surface area contributed by atoms with Gasteiger partial charge in [0.25, 0.3) is 0 Å². The molecule has 0 saturated heterocycles. The molecule has 0 spiro atoms. The van der Waals surface area contributed by atoms with Crippen molar-refractivity contribution >= 4 is 11.4 Å². The van der Waals surface area contributed by atoms with Crippen molar-refractivity contribution in [2.24, 2.45) is 0 Å². The average molecular weight is 555 g/mol. The molecule has 0 saturated carbocycles. The summed E-state index contributed by atoms with van der Waals surface area (Å²) in [6.45, 7) is 9.09. The number of benzene rings is 2. The van der Waals surface area contributed by atoms with Gasteiger partial charge in [0, 0.05) is 22.3 Å². The molecule has 0 N–H and O–H groups in total. The molecule has 1 aliphatic heterocycles. The number of rotatable bonds is 21. The Morgan fingerprint density at radius 1 is 0.463 bits per heavy atom. The maximum absolute atomic E-state index is 11.9. The summed E-state index contributed by atoms with van der Waals surface area (Å²) < 4.78 is 1.56. The smallest absolute Gasteiger partial charge is 0.211 e. The van der Waals surface area contributed by atoms with E-state index in [9.17, 15) is 5.53 Å². The number of hydrogen-bond acceptors (Lipinski definition) is 0. The Balaban J connectivity index is 1.88. The van der Waals surface area contributed by atoms with Crippen LogP contribution in [0, 0.1) is 0 Å². The fourth-order valence-electron chi connectivity index (χ4n) is 6.26.